The van der Waals surface area contributed by atoms with Crippen molar-refractivity contribution in [3.8, 4) is 5.75 Å². The Morgan fingerprint density at radius 2 is 1.92 bits per heavy atom. The summed E-state index contributed by atoms with van der Waals surface area (Å²) in [4.78, 5) is 27.3. The SMILES string of the molecule is CC(NC(=O)C1CCCN1C(=O)c1ccc2ccccc2c1O)C1CC1. The maximum absolute atomic E-state index is 13.0. The fraction of sp³-hybridized carbons (Fsp3) is 0.429. The molecule has 2 fully saturated rings. The number of likely N-dealkylation sites (tertiary alicyclic amines) is 1. The van der Waals surface area contributed by atoms with Gasteiger partial charge in [-0.1, -0.05) is 30.3 Å². The molecule has 2 N–H and O–H groups in total. The Kier molecular flexibility index (Phi) is 4.31. The predicted molar refractivity (Wildman–Crippen MR) is 100 cm³/mol. The van der Waals surface area contributed by atoms with Gasteiger partial charge in [-0.05, 0) is 50.0 Å². The zero-order valence-corrected chi connectivity index (χ0v) is 14.9. The first-order valence-electron chi connectivity index (χ1n) is 9.38. The van der Waals surface area contributed by atoms with Gasteiger partial charge < -0.3 is 15.3 Å². The molecule has 0 aromatic heterocycles. The van der Waals surface area contributed by atoms with Crippen LogP contribution >= 0.6 is 0 Å². The number of amides is 2. The highest BCUT2D eigenvalue weighted by atomic mass is 16.3. The molecule has 1 heterocycles. The summed E-state index contributed by atoms with van der Waals surface area (Å²) in [6, 6.07) is 10.6. The molecular formula is C21H24N2O3. The number of nitrogens with zero attached hydrogens (tertiary/aromatic N) is 1. The van der Waals surface area contributed by atoms with E-state index < -0.39 is 6.04 Å². The molecule has 2 aromatic carbocycles. The molecule has 0 bridgehead atoms. The van der Waals surface area contributed by atoms with Crippen LogP contribution in [0.25, 0.3) is 10.8 Å². The normalized spacial score (nSPS) is 21.0. The van der Waals surface area contributed by atoms with Crippen LogP contribution in [0.3, 0.4) is 0 Å². The molecule has 136 valence electrons. The smallest absolute Gasteiger partial charge is 0.258 e. The summed E-state index contributed by atoms with van der Waals surface area (Å²) in [5.74, 6) is 0.222. The summed E-state index contributed by atoms with van der Waals surface area (Å²) in [7, 11) is 0. The van der Waals surface area contributed by atoms with Crippen molar-refractivity contribution < 1.29 is 14.7 Å². The van der Waals surface area contributed by atoms with Crippen LogP contribution in [0.5, 0.6) is 5.75 Å². The van der Waals surface area contributed by atoms with Crippen molar-refractivity contribution in [2.75, 3.05) is 6.54 Å². The van der Waals surface area contributed by atoms with Crippen LogP contribution < -0.4 is 5.32 Å². The van der Waals surface area contributed by atoms with Gasteiger partial charge in [0.25, 0.3) is 5.91 Å². The number of carbonyl (C=O) groups is 2. The quantitative estimate of drug-likeness (QED) is 0.888. The van der Waals surface area contributed by atoms with E-state index in [1.807, 2.05) is 31.2 Å². The van der Waals surface area contributed by atoms with Crippen molar-refractivity contribution >= 4 is 22.6 Å². The summed E-state index contributed by atoms with van der Waals surface area (Å²) in [5, 5.41) is 15.2. The van der Waals surface area contributed by atoms with Gasteiger partial charge >= 0.3 is 0 Å². The number of phenolic OH excluding ortho intramolecular Hbond substituents is 1. The van der Waals surface area contributed by atoms with E-state index in [4.69, 9.17) is 0 Å². The van der Waals surface area contributed by atoms with Gasteiger partial charge in [-0.15, -0.1) is 0 Å². The van der Waals surface area contributed by atoms with Crippen molar-refractivity contribution in [2.45, 2.75) is 44.7 Å². The second-order valence-corrected chi connectivity index (χ2v) is 7.47. The van der Waals surface area contributed by atoms with Crippen molar-refractivity contribution in [1.82, 2.24) is 10.2 Å². The average Bonchev–Trinajstić information content (AvgIpc) is 3.38. The minimum absolute atomic E-state index is 0.00879. The molecule has 1 aliphatic carbocycles. The molecule has 0 radical (unpaired) electrons. The maximum atomic E-state index is 13.0. The molecule has 2 atom stereocenters. The van der Waals surface area contributed by atoms with Crippen molar-refractivity contribution in [2.24, 2.45) is 5.92 Å². The van der Waals surface area contributed by atoms with Gasteiger partial charge in [0.1, 0.15) is 11.8 Å². The number of aromatic hydroxyl groups is 1. The average molecular weight is 352 g/mol. The summed E-state index contributed by atoms with van der Waals surface area (Å²) in [6.07, 6.45) is 3.80. The van der Waals surface area contributed by atoms with Crippen LogP contribution in [-0.4, -0.2) is 40.4 Å². The summed E-state index contributed by atoms with van der Waals surface area (Å²) in [6.45, 7) is 2.58. The minimum atomic E-state index is -0.449. The third-order valence-corrected chi connectivity index (χ3v) is 5.65. The van der Waals surface area contributed by atoms with Crippen LogP contribution in [0, 0.1) is 5.92 Å². The number of nitrogens with one attached hydrogen (secondary N) is 1. The number of phenols is 1. The third kappa shape index (κ3) is 3.02. The van der Waals surface area contributed by atoms with Gasteiger partial charge in [-0.2, -0.15) is 0 Å². The van der Waals surface area contributed by atoms with Crippen molar-refractivity contribution in [3.05, 3.63) is 42.0 Å². The van der Waals surface area contributed by atoms with Gasteiger partial charge in [0, 0.05) is 18.0 Å². The summed E-state index contributed by atoms with van der Waals surface area (Å²) >= 11 is 0. The lowest BCUT2D eigenvalue weighted by Crippen LogP contribution is -2.48. The highest BCUT2D eigenvalue weighted by molar-refractivity contribution is 6.05. The van der Waals surface area contributed by atoms with Gasteiger partial charge in [-0.25, -0.2) is 0 Å². The largest absolute Gasteiger partial charge is 0.506 e. The van der Waals surface area contributed by atoms with Crippen molar-refractivity contribution in [1.29, 1.82) is 0 Å². The van der Waals surface area contributed by atoms with E-state index in [1.54, 1.807) is 17.0 Å². The standard InChI is InChI=1S/C21H24N2O3/c1-13(14-8-9-14)22-20(25)18-7-4-12-23(18)21(26)17-11-10-15-5-2-3-6-16(15)19(17)24/h2-3,5-6,10-11,13-14,18,24H,4,7-9,12H2,1H3,(H,22,25). The van der Waals surface area contributed by atoms with Crippen molar-refractivity contribution in [3.63, 3.8) is 0 Å². The van der Waals surface area contributed by atoms with Crippen LogP contribution in [0.2, 0.25) is 0 Å². The molecule has 2 unspecified atom stereocenters. The highest BCUT2D eigenvalue weighted by Crippen LogP contribution is 2.33. The Bertz CT molecular complexity index is 859. The van der Waals surface area contributed by atoms with Crippen LogP contribution in [-0.2, 0) is 4.79 Å². The molecule has 5 heteroatoms. The van der Waals surface area contributed by atoms with E-state index in [0.29, 0.717) is 24.3 Å². The number of hydrogen-bond acceptors (Lipinski definition) is 3. The molecule has 4 rings (SSSR count). The highest BCUT2D eigenvalue weighted by Gasteiger charge is 2.37. The zero-order valence-electron chi connectivity index (χ0n) is 14.9. The fourth-order valence-electron chi connectivity index (χ4n) is 3.90. The Morgan fingerprint density at radius 3 is 2.69 bits per heavy atom. The van der Waals surface area contributed by atoms with E-state index in [-0.39, 0.29) is 29.2 Å². The lowest BCUT2D eigenvalue weighted by atomic mass is 10.0. The topological polar surface area (TPSA) is 69.6 Å². The molecule has 1 saturated heterocycles. The monoisotopic (exact) mass is 352 g/mol. The van der Waals surface area contributed by atoms with E-state index >= 15 is 0 Å². The lowest BCUT2D eigenvalue weighted by molar-refractivity contribution is -0.125. The van der Waals surface area contributed by atoms with Crippen LogP contribution in [0.4, 0.5) is 0 Å². The van der Waals surface area contributed by atoms with E-state index in [9.17, 15) is 14.7 Å². The van der Waals surface area contributed by atoms with Gasteiger partial charge in [-0.3, -0.25) is 9.59 Å². The lowest BCUT2D eigenvalue weighted by Gasteiger charge is -2.26. The first kappa shape index (κ1) is 16.9. The summed E-state index contributed by atoms with van der Waals surface area (Å²) < 4.78 is 0. The first-order valence-corrected chi connectivity index (χ1v) is 9.38. The van der Waals surface area contributed by atoms with Gasteiger partial charge in [0.15, 0.2) is 0 Å². The first-order chi connectivity index (χ1) is 12.6. The minimum Gasteiger partial charge on any atom is -0.506 e. The number of carbonyl (C=O) groups excluding carboxylic acids is 2. The van der Waals surface area contributed by atoms with Gasteiger partial charge in [0.05, 0.1) is 5.56 Å². The number of hydrogen-bond donors (Lipinski definition) is 2. The zero-order chi connectivity index (χ0) is 18.3. The Hall–Kier alpha value is -2.56. The fourth-order valence-corrected chi connectivity index (χ4v) is 3.90. The molecule has 1 saturated carbocycles. The molecule has 2 aliphatic rings. The molecule has 2 amide bonds. The number of benzene rings is 2. The molecule has 2 aromatic rings. The van der Waals surface area contributed by atoms with Gasteiger partial charge in [0.2, 0.25) is 5.91 Å². The maximum Gasteiger partial charge on any atom is 0.258 e. The van der Waals surface area contributed by atoms with E-state index in [1.165, 1.54) is 12.8 Å². The molecule has 26 heavy (non-hydrogen) atoms. The molecule has 0 spiro atoms. The molecule has 5 nitrogen and oxygen atoms in total. The second-order valence-electron chi connectivity index (χ2n) is 7.47. The Morgan fingerprint density at radius 1 is 1.15 bits per heavy atom. The van der Waals surface area contributed by atoms with E-state index in [0.717, 1.165) is 11.8 Å². The van der Waals surface area contributed by atoms with Crippen LogP contribution in [0.1, 0.15) is 43.0 Å². The number of rotatable bonds is 4. The van der Waals surface area contributed by atoms with E-state index in [2.05, 4.69) is 5.32 Å². The molecule has 1 aliphatic heterocycles. The molecular weight excluding hydrogens is 328 g/mol. The van der Waals surface area contributed by atoms with Crippen LogP contribution in [0.15, 0.2) is 36.4 Å². The summed E-state index contributed by atoms with van der Waals surface area (Å²) in [5.41, 5.74) is 0.263. The Balaban J connectivity index is 1.56. The predicted octanol–water partition coefficient (Wildman–Crippen LogP) is 3.06. The number of fused-ring (bicyclic) bond motifs is 1. The third-order valence-electron chi connectivity index (χ3n) is 5.65. The Labute approximate surface area is 153 Å². The second kappa shape index (κ2) is 6.63.